The molecule has 0 radical (unpaired) electrons. The summed E-state index contributed by atoms with van der Waals surface area (Å²) in [6, 6.07) is -0.206. The van der Waals surface area contributed by atoms with Gasteiger partial charge in [-0.1, -0.05) is 5.16 Å². The quantitative estimate of drug-likeness (QED) is 0.867. The normalized spacial score (nSPS) is 19.8. The maximum absolute atomic E-state index is 12.4. The van der Waals surface area contributed by atoms with Crippen molar-refractivity contribution >= 4 is 15.9 Å². The van der Waals surface area contributed by atoms with Gasteiger partial charge in [0, 0.05) is 24.7 Å². The Balaban J connectivity index is 1.99. The molecule has 8 heteroatoms. The van der Waals surface area contributed by atoms with Crippen LogP contribution in [0.1, 0.15) is 29.9 Å². The van der Waals surface area contributed by atoms with Gasteiger partial charge in [0.05, 0.1) is 18.4 Å². The summed E-state index contributed by atoms with van der Waals surface area (Å²) in [7, 11) is -3.25. The zero-order valence-corrected chi connectivity index (χ0v) is 13.4. The second kappa shape index (κ2) is 6.15. The molecule has 0 spiro atoms. The summed E-state index contributed by atoms with van der Waals surface area (Å²) in [6.45, 7) is 4.66. The third kappa shape index (κ3) is 4.28. The van der Waals surface area contributed by atoms with Gasteiger partial charge in [0.25, 0.3) is 0 Å². The van der Waals surface area contributed by atoms with Crippen LogP contribution in [0.15, 0.2) is 4.52 Å². The van der Waals surface area contributed by atoms with Crippen molar-refractivity contribution in [2.24, 2.45) is 0 Å². The van der Waals surface area contributed by atoms with E-state index in [1.54, 1.807) is 11.8 Å². The summed E-state index contributed by atoms with van der Waals surface area (Å²) < 4.78 is 30.2. The Morgan fingerprint density at radius 2 is 2.19 bits per heavy atom. The predicted octanol–water partition coefficient (Wildman–Crippen LogP) is 0.374. The maximum atomic E-state index is 12.4. The van der Waals surface area contributed by atoms with Crippen molar-refractivity contribution < 1.29 is 17.7 Å². The van der Waals surface area contributed by atoms with Gasteiger partial charge >= 0.3 is 0 Å². The number of sulfonamides is 1. The second-order valence-electron chi connectivity index (χ2n) is 5.55. The number of aromatic nitrogens is 1. The minimum atomic E-state index is -3.25. The number of aryl methyl sites for hydroxylation is 2. The Bertz CT molecular complexity index is 604. The first-order valence-electron chi connectivity index (χ1n) is 6.93. The van der Waals surface area contributed by atoms with Crippen molar-refractivity contribution in [1.29, 1.82) is 0 Å². The number of carbonyl (C=O) groups excluding carboxylic acids is 1. The highest BCUT2D eigenvalue weighted by molar-refractivity contribution is 7.88. The molecule has 118 valence electrons. The van der Waals surface area contributed by atoms with Crippen molar-refractivity contribution in [2.75, 3.05) is 19.3 Å². The Morgan fingerprint density at radius 3 is 2.76 bits per heavy atom. The van der Waals surface area contributed by atoms with E-state index in [1.165, 1.54) is 0 Å². The Hall–Kier alpha value is -1.41. The van der Waals surface area contributed by atoms with Crippen molar-refractivity contribution in [3.05, 3.63) is 17.0 Å². The monoisotopic (exact) mass is 315 g/mol. The summed E-state index contributed by atoms with van der Waals surface area (Å²) in [4.78, 5) is 14.1. The number of rotatable bonds is 4. The van der Waals surface area contributed by atoms with E-state index >= 15 is 0 Å². The number of amides is 1. The van der Waals surface area contributed by atoms with Gasteiger partial charge in [-0.15, -0.1) is 0 Å². The minimum Gasteiger partial charge on any atom is -0.361 e. The summed E-state index contributed by atoms with van der Waals surface area (Å²) in [5.74, 6) is 0.632. The van der Waals surface area contributed by atoms with Crippen molar-refractivity contribution in [1.82, 2.24) is 14.8 Å². The van der Waals surface area contributed by atoms with Crippen LogP contribution in [0.5, 0.6) is 0 Å². The SMILES string of the molecule is Cc1noc(C)c1CC(=O)N1CCCC(NS(C)(=O)=O)C1. The average molecular weight is 315 g/mol. The van der Waals surface area contributed by atoms with Gasteiger partial charge in [-0.2, -0.15) is 0 Å². The molecule has 0 aromatic carbocycles. The standard InChI is InChI=1S/C13H21N3O4S/c1-9-12(10(2)20-14-9)7-13(17)16-6-4-5-11(8-16)15-21(3,18)19/h11,15H,4-8H2,1-3H3. The van der Waals surface area contributed by atoms with Gasteiger partial charge < -0.3 is 9.42 Å². The van der Waals surface area contributed by atoms with Gasteiger partial charge in [-0.3, -0.25) is 4.79 Å². The Kier molecular flexibility index (Phi) is 4.67. The molecule has 0 aliphatic carbocycles. The summed E-state index contributed by atoms with van der Waals surface area (Å²) >= 11 is 0. The van der Waals surface area contributed by atoms with E-state index in [4.69, 9.17) is 4.52 Å². The Morgan fingerprint density at radius 1 is 1.48 bits per heavy atom. The van der Waals surface area contributed by atoms with E-state index in [1.807, 2.05) is 6.92 Å². The van der Waals surface area contributed by atoms with Crippen LogP contribution < -0.4 is 4.72 Å². The van der Waals surface area contributed by atoms with Crippen molar-refractivity contribution in [3.8, 4) is 0 Å². The van der Waals surface area contributed by atoms with E-state index in [0.717, 1.165) is 30.4 Å². The molecule has 1 fully saturated rings. The molecule has 1 N–H and O–H groups in total. The van der Waals surface area contributed by atoms with Gasteiger partial charge in [0.15, 0.2) is 0 Å². The van der Waals surface area contributed by atoms with Gasteiger partial charge in [-0.05, 0) is 26.7 Å². The lowest BCUT2D eigenvalue weighted by Crippen LogP contribution is -2.49. The van der Waals surface area contributed by atoms with E-state index in [-0.39, 0.29) is 18.4 Å². The maximum Gasteiger partial charge on any atom is 0.227 e. The highest BCUT2D eigenvalue weighted by atomic mass is 32.2. The molecule has 1 aromatic heterocycles. The number of nitrogens with one attached hydrogen (secondary N) is 1. The first-order chi connectivity index (χ1) is 9.76. The highest BCUT2D eigenvalue weighted by Gasteiger charge is 2.26. The van der Waals surface area contributed by atoms with Gasteiger partial charge in [0.2, 0.25) is 15.9 Å². The van der Waals surface area contributed by atoms with Crippen LogP contribution in [0.25, 0.3) is 0 Å². The van der Waals surface area contributed by atoms with Crippen molar-refractivity contribution in [2.45, 2.75) is 39.2 Å². The first kappa shape index (κ1) is 16.0. The molecule has 1 aliphatic heterocycles. The molecule has 1 aromatic rings. The lowest BCUT2D eigenvalue weighted by Gasteiger charge is -2.32. The summed E-state index contributed by atoms with van der Waals surface area (Å²) in [5.41, 5.74) is 1.54. The number of hydrogen-bond donors (Lipinski definition) is 1. The predicted molar refractivity (Wildman–Crippen MR) is 77.3 cm³/mol. The third-order valence-corrected chi connectivity index (χ3v) is 4.43. The topological polar surface area (TPSA) is 92.5 Å². The molecular weight excluding hydrogens is 294 g/mol. The highest BCUT2D eigenvalue weighted by Crippen LogP contribution is 2.17. The van der Waals surface area contributed by atoms with Crippen LogP contribution in [0.3, 0.4) is 0 Å². The van der Waals surface area contributed by atoms with Crippen LogP contribution in [0.2, 0.25) is 0 Å². The number of hydrogen-bond acceptors (Lipinski definition) is 5. The average Bonchev–Trinajstić information content (AvgIpc) is 2.69. The first-order valence-corrected chi connectivity index (χ1v) is 8.82. The van der Waals surface area contributed by atoms with E-state index < -0.39 is 10.0 Å². The molecule has 2 rings (SSSR count). The molecule has 2 heterocycles. The number of piperidine rings is 1. The zero-order chi connectivity index (χ0) is 15.6. The lowest BCUT2D eigenvalue weighted by atomic mass is 10.0. The molecule has 1 atom stereocenters. The fourth-order valence-corrected chi connectivity index (χ4v) is 3.42. The molecule has 0 bridgehead atoms. The summed E-state index contributed by atoms with van der Waals surface area (Å²) in [6.07, 6.45) is 2.92. The molecule has 0 saturated carbocycles. The smallest absolute Gasteiger partial charge is 0.227 e. The molecule has 1 saturated heterocycles. The van der Waals surface area contributed by atoms with Crippen LogP contribution >= 0.6 is 0 Å². The Labute approximate surface area is 124 Å². The van der Waals surface area contributed by atoms with Crippen LogP contribution in [0.4, 0.5) is 0 Å². The van der Waals surface area contributed by atoms with Crippen LogP contribution in [-0.4, -0.2) is 49.8 Å². The molecular formula is C13H21N3O4S. The third-order valence-electron chi connectivity index (χ3n) is 3.66. The lowest BCUT2D eigenvalue weighted by molar-refractivity contribution is -0.131. The van der Waals surface area contributed by atoms with Gasteiger partial charge in [0.1, 0.15) is 5.76 Å². The molecule has 1 unspecified atom stereocenters. The van der Waals surface area contributed by atoms with Crippen LogP contribution in [-0.2, 0) is 21.2 Å². The largest absolute Gasteiger partial charge is 0.361 e. The molecule has 7 nitrogen and oxygen atoms in total. The number of likely N-dealkylation sites (tertiary alicyclic amines) is 1. The molecule has 1 amide bonds. The fraction of sp³-hybridized carbons (Fsp3) is 0.692. The van der Waals surface area contributed by atoms with Crippen molar-refractivity contribution in [3.63, 3.8) is 0 Å². The molecule has 1 aliphatic rings. The second-order valence-corrected chi connectivity index (χ2v) is 7.33. The van der Waals surface area contributed by atoms with Gasteiger partial charge in [-0.25, -0.2) is 13.1 Å². The number of nitrogens with zero attached hydrogens (tertiary/aromatic N) is 2. The van der Waals surface area contributed by atoms with E-state index in [0.29, 0.717) is 18.8 Å². The zero-order valence-electron chi connectivity index (χ0n) is 12.5. The van der Waals surface area contributed by atoms with E-state index in [9.17, 15) is 13.2 Å². The van der Waals surface area contributed by atoms with Crippen LogP contribution in [0, 0.1) is 13.8 Å². The number of carbonyl (C=O) groups is 1. The fourth-order valence-electron chi connectivity index (χ4n) is 2.62. The minimum absolute atomic E-state index is 0.0237. The molecule has 21 heavy (non-hydrogen) atoms. The summed E-state index contributed by atoms with van der Waals surface area (Å²) in [5, 5.41) is 3.84. The van der Waals surface area contributed by atoms with E-state index in [2.05, 4.69) is 9.88 Å².